The predicted molar refractivity (Wildman–Crippen MR) is 146 cm³/mol. The highest BCUT2D eigenvalue weighted by molar-refractivity contribution is 6.31. The lowest BCUT2D eigenvalue weighted by Crippen LogP contribution is -2.46. The van der Waals surface area contributed by atoms with E-state index in [1.807, 2.05) is 6.07 Å². The van der Waals surface area contributed by atoms with Crippen molar-refractivity contribution >= 4 is 35.1 Å². The van der Waals surface area contributed by atoms with Crippen LogP contribution in [0.5, 0.6) is 0 Å². The number of aliphatic carboxylic acids is 1. The first kappa shape index (κ1) is 29.5. The van der Waals surface area contributed by atoms with Crippen LogP contribution >= 0.6 is 23.2 Å². The molecule has 40 heavy (non-hydrogen) atoms. The molecule has 0 saturated carbocycles. The van der Waals surface area contributed by atoms with Crippen molar-refractivity contribution in [1.29, 1.82) is 5.26 Å². The first-order valence-electron chi connectivity index (χ1n) is 12.4. The summed E-state index contributed by atoms with van der Waals surface area (Å²) in [6, 6.07) is 16.2. The minimum absolute atomic E-state index is 0.00447. The fraction of sp³-hybridized carbons (Fsp3) is 0.300. The number of nitrogens with zero attached hydrogens (tertiary/aromatic N) is 1. The van der Waals surface area contributed by atoms with Crippen LogP contribution < -0.4 is 5.32 Å². The van der Waals surface area contributed by atoms with E-state index in [9.17, 15) is 20.0 Å². The summed E-state index contributed by atoms with van der Waals surface area (Å²) in [6.07, 6.45) is -0.140. The second kappa shape index (κ2) is 11.5. The van der Waals surface area contributed by atoms with Gasteiger partial charge in [0.1, 0.15) is 29.7 Å². The second-order valence-electron chi connectivity index (χ2n) is 10.4. The van der Waals surface area contributed by atoms with Crippen LogP contribution in [0.1, 0.15) is 42.9 Å². The molecule has 1 heterocycles. The van der Waals surface area contributed by atoms with Crippen molar-refractivity contribution in [3.05, 3.63) is 105 Å². The molecule has 1 aliphatic heterocycles. The van der Waals surface area contributed by atoms with Crippen LogP contribution in [0.2, 0.25) is 10.0 Å². The summed E-state index contributed by atoms with van der Waals surface area (Å²) >= 11 is 12.0. The Balaban J connectivity index is 1.83. The van der Waals surface area contributed by atoms with Crippen molar-refractivity contribution in [3.8, 4) is 6.07 Å². The number of carboxylic acids is 1. The third-order valence-corrected chi connectivity index (χ3v) is 7.91. The lowest BCUT2D eigenvalue weighted by atomic mass is 9.62. The largest absolute Gasteiger partial charge is 0.480 e. The fourth-order valence-corrected chi connectivity index (χ4v) is 5.78. The molecule has 0 spiro atoms. The smallest absolute Gasteiger partial charge is 0.321 e. The second-order valence-corrected chi connectivity index (χ2v) is 11.3. The maximum Gasteiger partial charge on any atom is 0.321 e. The number of benzene rings is 3. The molecule has 1 fully saturated rings. The monoisotopic (exact) mass is 586 g/mol. The van der Waals surface area contributed by atoms with Gasteiger partial charge in [0, 0.05) is 22.5 Å². The number of nitrogens with one attached hydrogen (secondary N) is 1. The van der Waals surface area contributed by atoms with Gasteiger partial charge in [-0.05, 0) is 49.6 Å². The Labute approximate surface area is 240 Å². The van der Waals surface area contributed by atoms with E-state index >= 15 is 8.78 Å². The summed E-state index contributed by atoms with van der Waals surface area (Å²) < 4.78 is 36.6. The quantitative estimate of drug-likeness (QED) is 0.296. The van der Waals surface area contributed by atoms with Crippen molar-refractivity contribution in [2.24, 2.45) is 5.41 Å². The van der Waals surface area contributed by atoms with Crippen molar-refractivity contribution in [3.63, 3.8) is 0 Å². The van der Waals surface area contributed by atoms with E-state index in [-0.39, 0.29) is 34.2 Å². The van der Waals surface area contributed by atoms with Gasteiger partial charge in [-0.15, -0.1) is 0 Å². The fourth-order valence-electron chi connectivity index (χ4n) is 5.44. The number of carboxylic acid groups (broad SMARTS) is 1. The van der Waals surface area contributed by atoms with Crippen molar-refractivity contribution in [1.82, 2.24) is 5.32 Å². The van der Waals surface area contributed by atoms with Crippen LogP contribution in [-0.4, -0.2) is 29.1 Å². The molecule has 2 N–H and O–H groups in total. The number of carbonyl (C=O) groups is 2. The molecule has 2 unspecified atom stereocenters. The normalized spacial score (nSPS) is 22.5. The highest BCUT2D eigenvalue weighted by atomic mass is 35.5. The molecular weight excluding hydrogens is 561 g/mol. The minimum Gasteiger partial charge on any atom is -0.480 e. The van der Waals surface area contributed by atoms with Crippen LogP contribution in [0.25, 0.3) is 0 Å². The number of hydrogen-bond acceptors (Lipinski definition) is 5. The van der Waals surface area contributed by atoms with Gasteiger partial charge in [-0.25, -0.2) is 8.78 Å². The molecule has 6 nitrogen and oxygen atoms in total. The zero-order valence-corrected chi connectivity index (χ0v) is 23.1. The molecule has 1 aliphatic rings. The molecule has 0 aromatic heterocycles. The minimum atomic E-state index is -1.99. The van der Waals surface area contributed by atoms with Crippen LogP contribution in [0.4, 0.5) is 8.78 Å². The van der Waals surface area contributed by atoms with Gasteiger partial charge in [0.05, 0.1) is 16.5 Å². The molecular formula is C30H26Cl2F2N2O4. The zero-order chi connectivity index (χ0) is 29.2. The molecule has 3 aromatic rings. The van der Waals surface area contributed by atoms with Crippen molar-refractivity contribution < 1.29 is 28.2 Å². The summed E-state index contributed by atoms with van der Waals surface area (Å²) in [5.41, 5.74) is -2.83. The lowest BCUT2D eigenvalue weighted by molar-refractivity contribution is -0.156. The summed E-state index contributed by atoms with van der Waals surface area (Å²) in [6.45, 7) is 3.18. The van der Waals surface area contributed by atoms with Crippen LogP contribution in [-0.2, 0) is 26.3 Å². The number of rotatable bonds is 8. The van der Waals surface area contributed by atoms with Gasteiger partial charge in [-0.3, -0.25) is 14.9 Å². The molecule has 10 heteroatoms. The Bertz CT molecular complexity index is 1480. The van der Waals surface area contributed by atoms with E-state index in [2.05, 4.69) is 11.4 Å². The highest BCUT2D eigenvalue weighted by Crippen LogP contribution is 2.52. The van der Waals surface area contributed by atoms with E-state index in [4.69, 9.17) is 27.9 Å². The maximum absolute atomic E-state index is 15.6. The first-order valence-corrected chi connectivity index (χ1v) is 13.2. The van der Waals surface area contributed by atoms with Gasteiger partial charge < -0.3 is 9.84 Å². The number of halogens is 4. The summed E-state index contributed by atoms with van der Waals surface area (Å²) in [4.78, 5) is 25.7. The third kappa shape index (κ3) is 5.42. The summed E-state index contributed by atoms with van der Waals surface area (Å²) in [5, 5.41) is 23.6. The number of carbonyl (C=O) groups excluding carboxylic acids is 1. The molecule has 4 atom stereocenters. The van der Waals surface area contributed by atoms with Crippen molar-refractivity contribution in [2.75, 3.05) is 0 Å². The number of hydrogen-bond donors (Lipinski definition) is 2. The number of ether oxygens (including phenoxy) is 1. The lowest BCUT2D eigenvalue weighted by Gasteiger charge is -2.37. The van der Waals surface area contributed by atoms with Gasteiger partial charge in [0.2, 0.25) is 0 Å². The number of esters is 1. The Kier molecular flexibility index (Phi) is 8.50. The van der Waals surface area contributed by atoms with Gasteiger partial charge >= 0.3 is 11.9 Å². The van der Waals surface area contributed by atoms with Crippen LogP contribution in [0.3, 0.4) is 0 Å². The Morgan fingerprint density at radius 1 is 1.10 bits per heavy atom. The van der Waals surface area contributed by atoms with E-state index in [1.165, 1.54) is 30.3 Å². The van der Waals surface area contributed by atoms with E-state index < -0.39 is 52.4 Å². The molecule has 4 rings (SSSR count). The molecule has 208 valence electrons. The van der Waals surface area contributed by atoms with Crippen LogP contribution in [0, 0.1) is 28.4 Å². The topological polar surface area (TPSA) is 99.4 Å². The molecule has 0 amide bonds. The summed E-state index contributed by atoms with van der Waals surface area (Å²) in [7, 11) is 0. The van der Waals surface area contributed by atoms with Crippen LogP contribution in [0.15, 0.2) is 66.7 Å². The predicted octanol–water partition coefficient (Wildman–Crippen LogP) is 6.40. The first-order chi connectivity index (χ1) is 18.9. The Morgan fingerprint density at radius 2 is 1.80 bits per heavy atom. The summed E-state index contributed by atoms with van der Waals surface area (Å²) in [5.74, 6) is -5.20. The van der Waals surface area contributed by atoms with Gasteiger partial charge in [0.15, 0.2) is 0 Å². The van der Waals surface area contributed by atoms with Gasteiger partial charge in [0.25, 0.3) is 0 Å². The van der Waals surface area contributed by atoms with E-state index in [0.717, 1.165) is 11.6 Å². The van der Waals surface area contributed by atoms with Gasteiger partial charge in [-0.2, -0.15) is 5.26 Å². The van der Waals surface area contributed by atoms with E-state index in [1.54, 1.807) is 38.1 Å². The number of nitriles is 1. The molecule has 3 aromatic carbocycles. The standard InChI is InChI=1S/C30H26Cl2F2N2O4/c1-29(2,28(39)40-15-17-7-4-3-5-8-17)14-23-30(16-35,20-12-11-18(31)13-22(20)33)24(26(36-23)27(37)38)19-9-6-10-21(32)25(19)34/h3-13,23-24,26,36H,14-15H2,1-2H3,(H,37,38)/t23-,24?,26+,30?/m0/s1. The van der Waals surface area contributed by atoms with Gasteiger partial charge in [-0.1, -0.05) is 71.7 Å². The SMILES string of the molecule is CC(C)(C[C@@H]1N[C@@H](C(=O)O)C(c2cccc(Cl)c2F)C1(C#N)c1ccc(Cl)cc1F)C(=O)OCc1ccccc1. The molecule has 0 bridgehead atoms. The van der Waals surface area contributed by atoms with Crippen molar-refractivity contribution in [2.45, 2.75) is 50.3 Å². The molecule has 0 aliphatic carbocycles. The average Bonchev–Trinajstić information content (AvgIpc) is 3.23. The molecule has 0 radical (unpaired) electrons. The Hall–Kier alpha value is -3.51. The third-order valence-electron chi connectivity index (χ3n) is 7.38. The molecule has 1 saturated heterocycles. The maximum atomic E-state index is 15.6. The average molecular weight is 587 g/mol. The van der Waals surface area contributed by atoms with E-state index in [0.29, 0.717) is 0 Å². The highest BCUT2D eigenvalue weighted by Gasteiger charge is 2.62. The Morgan fingerprint density at radius 3 is 2.42 bits per heavy atom. The zero-order valence-electron chi connectivity index (χ0n) is 21.6.